The minimum atomic E-state index is -0.464. The van der Waals surface area contributed by atoms with Crippen LogP contribution in [-0.2, 0) is 22.4 Å². The lowest BCUT2D eigenvalue weighted by molar-refractivity contribution is 0.0518. The number of carbonyl (C=O) groups is 2. The Kier molecular flexibility index (Phi) is 6.83. The van der Waals surface area contributed by atoms with Gasteiger partial charge in [0.05, 0.1) is 13.2 Å². The van der Waals surface area contributed by atoms with E-state index in [1.807, 2.05) is 49.2 Å². The molecule has 0 radical (unpaired) electrons. The van der Waals surface area contributed by atoms with E-state index in [4.69, 9.17) is 9.47 Å². The molecule has 0 aliphatic carbocycles. The number of hydrogen-bond acceptors (Lipinski definition) is 5. The Labute approximate surface area is 154 Å². The van der Waals surface area contributed by atoms with Crippen LogP contribution in [-0.4, -0.2) is 37.2 Å². The van der Waals surface area contributed by atoms with Crippen LogP contribution >= 0.6 is 0 Å². The summed E-state index contributed by atoms with van der Waals surface area (Å²) in [7, 11) is 1.87. The molecule has 0 atom stereocenters. The van der Waals surface area contributed by atoms with Gasteiger partial charge in [-0.1, -0.05) is 37.3 Å². The quantitative estimate of drug-likeness (QED) is 0.731. The number of hydrogen-bond donors (Lipinski definition) is 1. The van der Waals surface area contributed by atoms with Crippen LogP contribution in [0.4, 0.5) is 5.82 Å². The molecule has 2 rings (SSSR count). The van der Waals surface area contributed by atoms with E-state index in [-0.39, 0.29) is 13.2 Å². The van der Waals surface area contributed by atoms with Crippen molar-refractivity contribution < 1.29 is 19.1 Å². The zero-order chi connectivity index (χ0) is 19.1. The molecule has 0 spiro atoms. The maximum absolute atomic E-state index is 12.6. The van der Waals surface area contributed by atoms with Crippen LogP contribution in [0.1, 0.15) is 52.7 Å². The first-order valence-electron chi connectivity index (χ1n) is 8.87. The Morgan fingerprint density at radius 1 is 1.00 bits per heavy atom. The van der Waals surface area contributed by atoms with Crippen molar-refractivity contribution in [3.63, 3.8) is 0 Å². The molecule has 140 valence electrons. The second-order valence-electron chi connectivity index (χ2n) is 5.84. The van der Waals surface area contributed by atoms with Gasteiger partial charge in [0, 0.05) is 19.2 Å². The molecule has 1 aromatic heterocycles. The predicted octanol–water partition coefficient (Wildman–Crippen LogP) is 3.57. The lowest BCUT2D eigenvalue weighted by Gasteiger charge is -2.19. The molecule has 0 saturated carbocycles. The number of nitrogens with zero attached hydrogens (tertiary/aromatic N) is 1. The van der Waals surface area contributed by atoms with E-state index in [1.165, 1.54) is 0 Å². The first kappa shape index (κ1) is 19.6. The summed E-state index contributed by atoms with van der Waals surface area (Å²) in [5.74, 6) is -0.340. The summed E-state index contributed by atoms with van der Waals surface area (Å²) >= 11 is 0. The van der Waals surface area contributed by atoms with Gasteiger partial charge in [0.1, 0.15) is 17.1 Å². The van der Waals surface area contributed by atoms with Crippen molar-refractivity contribution in [2.75, 3.05) is 25.2 Å². The molecular formula is C20H26N2O4. The van der Waals surface area contributed by atoms with Gasteiger partial charge >= 0.3 is 11.9 Å². The van der Waals surface area contributed by atoms with E-state index in [1.54, 1.807) is 13.8 Å². The largest absolute Gasteiger partial charge is 0.462 e. The van der Waals surface area contributed by atoms with Gasteiger partial charge in [0.15, 0.2) is 0 Å². The van der Waals surface area contributed by atoms with Crippen LogP contribution in [0.15, 0.2) is 30.3 Å². The van der Waals surface area contributed by atoms with E-state index in [0.29, 0.717) is 35.6 Å². The SMILES string of the molecule is CCOC(=O)c1[nH]c(N(C)Cc2ccccc2)c(C(=O)OCC)c1CC. The summed E-state index contributed by atoms with van der Waals surface area (Å²) in [4.78, 5) is 29.9. The number of nitrogens with one attached hydrogen (secondary N) is 1. The average molecular weight is 358 g/mol. The van der Waals surface area contributed by atoms with Gasteiger partial charge in [0.25, 0.3) is 0 Å². The van der Waals surface area contributed by atoms with E-state index < -0.39 is 11.9 Å². The van der Waals surface area contributed by atoms with Crippen molar-refractivity contribution in [2.24, 2.45) is 0 Å². The fourth-order valence-electron chi connectivity index (χ4n) is 2.90. The summed E-state index contributed by atoms with van der Waals surface area (Å²) in [5, 5.41) is 0. The molecule has 0 amide bonds. The number of H-pyrrole nitrogens is 1. The average Bonchev–Trinajstić information content (AvgIpc) is 3.03. The fraction of sp³-hybridized carbons (Fsp3) is 0.400. The smallest absolute Gasteiger partial charge is 0.355 e. The lowest BCUT2D eigenvalue weighted by atomic mass is 10.1. The molecule has 0 aliphatic heterocycles. The highest BCUT2D eigenvalue weighted by atomic mass is 16.5. The lowest BCUT2D eigenvalue weighted by Crippen LogP contribution is -2.20. The molecule has 1 aromatic carbocycles. The molecule has 6 heteroatoms. The number of benzene rings is 1. The van der Waals surface area contributed by atoms with E-state index >= 15 is 0 Å². The summed E-state index contributed by atoms with van der Waals surface area (Å²) in [5.41, 5.74) is 2.43. The van der Waals surface area contributed by atoms with Crippen LogP contribution in [0.3, 0.4) is 0 Å². The van der Waals surface area contributed by atoms with Crippen molar-refractivity contribution in [3.8, 4) is 0 Å². The molecular weight excluding hydrogens is 332 g/mol. The van der Waals surface area contributed by atoms with Crippen LogP contribution in [0.5, 0.6) is 0 Å². The molecule has 26 heavy (non-hydrogen) atoms. The molecule has 0 saturated heterocycles. The Morgan fingerprint density at radius 3 is 2.19 bits per heavy atom. The second kappa shape index (κ2) is 9.08. The zero-order valence-corrected chi connectivity index (χ0v) is 15.8. The molecule has 0 bridgehead atoms. The Hall–Kier alpha value is -2.76. The highest BCUT2D eigenvalue weighted by Crippen LogP contribution is 2.29. The maximum atomic E-state index is 12.6. The molecule has 0 aliphatic rings. The van der Waals surface area contributed by atoms with Crippen LogP contribution in [0.2, 0.25) is 0 Å². The zero-order valence-electron chi connectivity index (χ0n) is 15.8. The molecule has 2 aromatic rings. The third-order valence-electron chi connectivity index (χ3n) is 4.04. The van der Waals surface area contributed by atoms with E-state index in [9.17, 15) is 9.59 Å². The van der Waals surface area contributed by atoms with Crippen LogP contribution in [0.25, 0.3) is 0 Å². The monoisotopic (exact) mass is 358 g/mol. The number of ether oxygens (including phenoxy) is 2. The van der Waals surface area contributed by atoms with Gasteiger partial charge in [-0.2, -0.15) is 0 Å². The van der Waals surface area contributed by atoms with Crippen molar-refractivity contribution in [2.45, 2.75) is 33.7 Å². The number of rotatable bonds is 8. The third-order valence-corrected chi connectivity index (χ3v) is 4.04. The summed E-state index contributed by atoms with van der Waals surface area (Å²) < 4.78 is 10.4. The van der Waals surface area contributed by atoms with Gasteiger partial charge < -0.3 is 19.4 Å². The number of aromatic amines is 1. The molecule has 1 heterocycles. The van der Waals surface area contributed by atoms with Gasteiger partial charge in [-0.05, 0) is 25.8 Å². The Morgan fingerprint density at radius 2 is 1.62 bits per heavy atom. The first-order chi connectivity index (χ1) is 12.5. The van der Waals surface area contributed by atoms with E-state index in [0.717, 1.165) is 5.56 Å². The molecule has 1 N–H and O–H groups in total. The second-order valence-corrected chi connectivity index (χ2v) is 5.84. The number of esters is 2. The van der Waals surface area contributed by atoms with Gasteiger partial charge in [-0.15, -0.1) is 0 Å². The van der Waals surface area contributed by atoms with Crippen molar-refractivity contribution >= 4 is 17.8 Å². The van der Waals surface area contributed by atoms with E-state index in [2.05, 4.69) is 4.98 Å². The summed E-state index contributed by atoms with van der Waals surface area (Å²) in [6, 6.07) is 9.90. The number of anilines is 1. The normalized spacial score (nSPS) is 10.5. The van der Waals surface area contributed by atoms with Crippen molar-refractivity contribution in [3.05, 3.63) is 52.7 Å². The minimum Gasteiger partial charge on any atom is -0.462 e. The third kappa shape index (κ3) is 4.25. The molecule has 0 fully saturated rings. The van der Waals surface area contributed by atoms with Crippen molar-refractivity contribution in [1.29, 1.82) is 0 Å². The highest BCUT2D eigenvalue weighted by molar-refractivity contribution is 6.02. The maximum Gasteiger partial charge on any atom is 0.355 e. The molecule has 6 nitrogen and oxygen atoms in total. The fourth-order valence-corrected chi connectivity index (χ4v) is 2.90. The Bertz CT molecular complexity index is 753. The number of aromatic nitrogens is 1. The van der Waals surface area contributed by atoms with Gasteiger partial charge in [-0.3, -0.25) is 0 Å². The predicted molar refractivity (Wildman–Crippen MR) is 101 cm³/mol. The van der Waals surface area contributed by atoms with Crippen LogP contribution in [0, 0.1) is 0 Å². The first-order valence-corrected chi connectivity index (χ1v) is 8.87. The standard InChI is InChI=1S/C20H26N2O4/c1-5-15-16(19(23)25-6-2)18(21-17(15)20(24)26-7-3)22(4)13-14-11-9-8-10-12-14/h8-12,21H,5-7,13H2,1-4H3. The van der Waals surface area contributed by atoms with Gasteiger partial charge in [0.2, 0.25) is 0 Å². The van der Waals surface area contributed by atoms with Crippen molar-refractivity contribution in [1.82, 2.24) is 4.98 Å². The van der Waals surface area contributed by atoms with Crippen LogP contribution < -0.4 is 4.90 Å². The Balaban J connectivity index is 2.47. The molecule has 0 unspecified atom stereocenters. The topological polar surface area (TPSA) is 71.6 Å². The number of carbonyl (C=O) groups excluding carboxylic acids is 2. The minimum absolute atomic E-state index is 0.268. The summed E-state index contributed by atoms with van der Waals surface area (Å²) in [6.45, 7) is 6.53. The summed E-state index contributed by atoms with van der Waals surface area (Å²) in [6.07, 6.45) is 0.512. The van der Waals surface area contributed by atoms with Gasteiger partial charge in [-0.25, -0.2) is 9.59 Å². The highest BCUT2D eigenvalue weighted by Gasteiger charge is 2.28.